The highest BCUT2D eigenvalue weighted by Crippen LogP contribution is 2.35. The van der Waals surface area contributed by atoms with Crippen LogP contribution in [0.1, 0.15) is 5.56 Å². The Hall–Kier alpha value is -1.80. The molecule has 1 aliphatic rings. The first-order chi connectivity index (χ1) is 14.0. The van der Waals surface area contributed by atoms with Gasteiger partial charge in [-0.3, -0.25) is 9.69 Å². The van der Waals surface area contributed by atoms with Crippen molar-refractivity contribution in [2.75, 3.05) is 19.8 Å². The molecule has 0 unspecified atom stereocenters. The average Bonchev–Trinajstić information content (AvgIpc) is 2.95. The van der Waals surface area contributed by atoms with Gasteiger partial charge in [-0.25, -0.2) is 0 Å². The maximum absolute atomic E-state index is 12.6. The molecule has 0 bridgehead atoms. The fourth-order valence-corrected chi connectivity index (χ4v) is 4.39. The molecular formula is C21H17BrClNO3S2. The van der Waals surface area contributed by atoms with Gasteiger partial charge in [-0.15, -0.1) is 6.58 Å². The highest BCUT2D eigenvalue weighted by Gasteiger charge is 2.31. The lowest BCUT2D eigenvalue weighted by molar-refractivity contribution is -0.121. The number of rotatable bonds is 8. The predicted molar refractivity (Wildman–Crippen MR) is 127 cm³/mol. The molecule has 8 heteroatoms. The number of carbonyl (C=O) groups excluding carboxylic acids is 1. The maximum Gasteiger partial charge on any atom is 0.266 e. The van der Waals surface area contributed by atoms with Gasteiger partial charge in [0.25, 0.3) is 5.91 Å². The Morgan fingerprint density at radius 3 is 2.62 bits per heavy atom. The van der Waals surface area contributed by atoms with E-state index in [1.165, 1.54) is 16.7 Å². The van der Waals surface area contributed by atoms with Crippen molar-refractivity contribution in [1.82, 2.24) is 4.90 Å². The van der Waals surface area contributed by atoms with Crippen LogP contribution in [0.5, 0.6) is 11.5 Å². The van der Waals surface area contributed by atoms with Crippen LogP contribution < -0.4 is 9.47 Å². The summed E-state index contributed by atoms with van der Waals surface area (Å²) < 4.78 is 12.9. The molecule has 0 atom stereocenters. The van der Waals surface area contributed by atoms with E-state index in [0.29, 0.717) is 45.5 Å². The SMILES string of the molecule is C=CCN1C(=O)C(=Cc2cc(Br)ccc2OCCOc2ccccc2Cl)SC1=S. The monoisotopic (exact) mass is 509 g/mol. The number of hydrogen-bond acceptors (Lipinski definition) is 5. The van der Waals surface area contributed by atoms with E-state index in [1.54, 1.807) is 24.3 Å². The first-order valence-corrected chi connectivity index (χ1v) is 11.0. The summed E-state index contributed by atoms with van der Waals surface area (Å²) in [5, 5.41) is 0.554. The minimum atomic E-state index is -0.132. The van der Waals surface area contributed by atoms with Crippen LogP contribution in [0.4, 0.5) is 0 Å². The summed E-state index contributed by atoms with van der Waals surface area (Å²) >= 11 is 16.1. The van der Waals surface area contributed by atoms with E-state index in [9.17, 15) is 4.79 Å². The minimum Gasteiger partial charge on any atom is -0.489 e. The van der Waals surface area contributed by atoms with Gasteiger partial charge < -0.3 is 9.47 Å². The number of hydrogen-bond donors (Lipinski definition) is 0. The summed E-state index contributed by atoms with van der Waals surface area (Å²) in [5.41, 5.74) is 0.774. The van der Waals surface area contributed by atoms with Crippen molar-refractivity contribution in [2.45, 2.75) is 0 Å². The Morgan fingerprint density at radius 2 is 1.90 bits per heavy atom. The number of amides is 1. The molecule has 1 fully saturated rings. The summed E-state index contributed by atoms with van der Waals surface area (Å²) in [6.45, 7) is 4.72. The van der Waals surface area contributed by atoms with Crippen molar-refractivity contribution >= 4 is 67.8 Å². The third-order valence-corrected chi connectivity index (χ3v) is 6.06. The third kappa shape index (κ3) is 5.63. The molecule has 1 aliphatic heterocycles. The molecule has 0 saturated carbocycles. The van der Waals surface area contributed by atoms with E-state index < -0.39 is 0 Å². The second-order valence-electron chi connectivity index (χ2n) is 5.89. The van der Waals surface area contributed by atoms with Crippen LogP contribution in [0.25, 0.3) is 6.08 Å². The molecule has 0 aromatic heterocycles. The Morgan fingerprint density at radius 1 is 1.17 bits per heavy atom. The number of benzene rings is 2. The summed E-state index contributed by atoms with van der Waals surface area (Å²) in [7, 11) is 0. The smallest absolute Gasteiger partial charge is 0.266 e. The summed E-state index contributed by atoms with van der Waals surface area (Å²) in [5.74, 6) is 1.12. The van der Waals surface area contributed by atoms with Gasteiger partial charge in [0, 0.05) is 16.6 Å². The zero-order valence-electron chi connectivity index (χ0n) is 15.3. The van der Waals surface area contributed by atoms with Gasteiger partial charge in [-0.05, 0) is 36.4 Å². The van der Waals surface area contributed by atoms with Crippen molar-refractivity contribution in [3.8, 4) is 11.5 Å². The lowest BCUT2D eigenvalue weighted by Crippen LogP contribution is -2.27. The molecule has 2 aromatic carbocycles. The molecule has 0 aliphatic carbocycles. The predicted octanol–water partition coefficient (Wildman–Crippen LogP) is 5.95. The topological polar surface area (TPSA) is 38.8 Å². The van der Waals surface area contributed by atoms with Gasteiger partial charge in [0.2, 0.25) is 0 Å². The molecule has 1 saturated heterocycles. The standard InChI is InChI=1S/C21H17BrClNO3S2/c1-2-9-24-20(25)19(29-21(24)28)13-14-12-15(22)7-8-17(14)26-10-11-27-18-6-4-3-5-16(18)23/h2-8,12-13H,1,9-11H2. The van der Waals surface area contributed by atoms with Crippen molar-refractivity contribution < 1.29 is 14.3 Å². The first kappa shape index (κ1) is 21.9. The molecule has 0 N–H and O–H groups in total. The van der Waals surface area contributed by atoms with Crippen LogP contribution in [0.2, 0.25) is 5.02 Å². The number of halogens is 2. The molecule has 0 spiro atoms. The molecular weight excluding hydrogens is 494 g/mol. The number of nitrogens with zero attached hydrogens (tertiary/aromatic N) is 1. The largest absolute Gasteiger partial charge is 0.489 e. The van der Waals surface area contributed by atoms with Crippen molar-refractivity contribution in [3.63, 3.8) is 0 Å². The summed E-state index contributed by atoms with van der Waals surface area (Å²) in [6.07, 6.45) is 3.44. The Bertz CT molecular complexity index is 980. The van der Waals surface area contributed by atoms with E-state index >= 15 is 0 Å². The van der Waals surface area contributed by atoms with Gasteiger partial charge in [-0.1, -0.05) is 69.7 Å². The van der Waals surface area contributed by atoms with Gasteiger partial charge in [0.05, 0.1) is 9.93 Å². The van der Waals surface area contributed by atoms with E-state index in [4.69, 9.17) is 33.3 Å². The minimum absolute atomic E-state index is 0.132. The Labute approximate surface area is 192 Å². The molecule has 1 heterocycles. The van der Waals surface area contributed by atoms with E-state index in [1.807, 2.05) is 30.3 Å². The van der Waals surface area contributed by atoms with Crippen LogP contribution >= 0.6 is 51.5 Å². The van der Waals surface area contributed by atoms with Crippen molar-refractivity contribution in [1.29, 1.82) is 0 Å². The van der Waals surface area contributed by atoms with E-state index in [0.717, 1.165) is 10.0 Å². The quantitative estimate of drug-likeness (QED) is 0.190. The lowest BCUT2D eigenvalue weighted by atomic mass is 10.2. The second kappa shape index (κ2) is 10.3. The molecule has 29 heavy (non-hydrogen) atoms. The molecule has 3 rings (SSSR count). The van der Waals surface area contributed by atoms with Crippen LogP contribution in [0.3, 0.4) is 0 Å². The van der Waals surface area contributed by atoms with Gasteiger partial charge in [0.1, 0.15) is 29.0 Å². The average molecular weight is 511 g/mol. The first-order valence-electron chi connectivity index (χ1n) is 8.65. The van der Waals surface area contributed by atoms with Gasteiger partial charge in [-0.2, -0.15) is 0 Å². The number of thioether (sulfide) groups is 1. The maximum atomic E-state index is 12.6. The van der Waals surface area contributed by atoms with Crippen molar-refractivity contribution in [3.05, 3.63) is 75.1 Å². The molecule has 150 valence electrons. The molecule has 4 nitrogen and oxygen atoms in total. The zero-order valence-corrected chi connectivity index (χ0v) is 19.2. The molecule has 1 amide bonds. The molecule has 0 radical (unpaired) electrons. The highest BCUT2D eigenvalue weighted by atomic mass is 79.9. The zero-order chi connectivity index (χ0) is 20.8. The fraction of sp³-hybridized carbons (Fsp3) is 0.143. The third-order valence-electron chi connectivity index (χ3n) is 3.88. The second-order valence-corrected chi connectivity index (χ2v) is 8.89. The summed E-state index contributed by atoms with van der Waals surface area (Å²) in [6, 6.07) is 12.9. The van der Waals surface area contributed by atoms with Crippen molar-refractivity contribution in [2.24, 2.45) is 0 Å². The number of carbonyl (C=O) groups is 1. The highest BCUT2D eigenvalue weighted by molar-refractivity contribution is 9.10. The number of thiocarbonyl (C=S) groups is 1. The normalized spacial score (nSPS) is 15.1. The van der Waals surface area contributed by atoms with Crippen LogP contribution in [-0.4, -0.2) is 34.9 Å². The number of ether oxygens (including phenoxy) is 2. The van der Waals surface area contributed by atoms with Crippen LogP contribution in [0.15, 0.2) is 64.5 Å². The van der Waals surface area contributed by atoms with Gasteiger partial charge >= 0.3 is 0 Å². The van der Waals surface area contributed by atoms with E-state index in [2.05, 4.69) is 22.5 Å². The number of para-hydroxylation sites is 1. The Kier molecular flexibility index (Phi) is 7.77. The fourth-order valence-electron chi connectivity index (χ4n) is 2.56. The Balaban J connectivity index is 1.70. The molecule has 2 aromatic rings. The van der Waals surface area contributed by atoms with Crippen LogP contribution in [-0.2, 0) is 4.79 Å². The summed E-state index contributed by atoms with van der Waals surface area (Å²) in [4.78, 5) is 14.6. The van der Waals surface area contributed by atoms with E-state index in [-0.39, 0.29) is 5.91 Å². The van der Waals surface area contributed by atoms with Crippen LogP contribution in [0, 0.1) is 0 Å². The lowest BCUT2D eigenvalue weighted by Gasteiger charge is -2.12. The van der Waals surface area contributed by atoms with Gasteiger partial charge in [0.15, 0.2) is 0 Å².